The first-order valence-electron chi connectivity index (χ1n) is 6.23. The fourth-order valence-corrected chi connectivity index (χ4v) is 2.34. The maximum Gasteiger partial charge on any atom is 0.234 e. The van der Waals surface area contributed by atoms with Gasteiger partial charge in [-0.15, -0.1) is 0 Å². The van der Waals surface area contributed by atoms with E-state index in [0.29, 0.717) is 11.3 Å². The molecule has 0 saturated heterocycles. The number of benzene rings is 1. The maximum atomic E-state index is 12.0. The van der Waals surface area contributed by atoms with Crippen molar-refractivity contribution in [2.75, 3.05) is 31.2 Å². The summed E-state index contributed by atoms with van der Waals surface area (Å²) in [6, 6.07) is 6.58. The summed E-state index contributed by atoms with van der Waals surface area (Å²) in [5.41, 5.74) is 0.940. The molecule has 0 heterocycles. The van der Waals surface area contributed by atoms with E-state index in [1.807, 2.05) is 14.1 Å². The van der Waals surface area contributed by atoms with E-state index in [1.165, 1.54) is 17.4 Å². The van der Waals surface area contributed by atoms with Crippen LogP contribution in [0.2, 0.25) is 0 Å². The van der Waals surface area contributed by atoms with Gasteiger partial charge in [0, 0.05) is 39.0 Å². The van der Waals surface area contributed by atoms with E-state index in [1.54, 1.807) is 42.3 Å². The summed E-state index contributed by atoms with van der Waals surface area (Å²) in [6.45, 7) is 1.58. The van der Waals surface area contributed by atoms with Crippen molar-refractivity contribution in [3.63, 3.8) is 0 Å². The van der Waals surface area contributed by atoms with E-state index >= 15 is 0 Å². The fraction of sp³-hybridized carbons (Fsp3) is 0.357. The van der Waals surface area contributed by atoms with Gasteiger partial charge in [0.15, 0.2) is 5.78 Å². The average molecular weight is 296 g/mol. The lowest BCUT2D eigenvalue weighted by atomic mass is 10.1. The number of hydrogen-bond donors (Lipinski definition) is 0. The molecule has 0 aromatic heterocycles. The molecule has 5 nitrogen and oxygen atoms in total. The predicted molar refractivity (Wildman–Crippen MR) is 81.5 cm³/mol. The second-order valence-corrected chi connectivity index (χ2v) is 6.85. The maximum absolute atomic E-state index is 12.0. The van der Waals surface area contributed by atoms with Crippen LogP contribution in [-0.2, 0) is 10.0 Å². The normalized spacial score (nSPS) is 11.6. The molecule has 0 spiro atoms. The highest BCUT2D eigenvalue weighted by molar-refractivity contribution is 7.92. The third-order valence-electron chi connectivity index (χ3n) is 2.80. The van der Waals surface area contributed by atoms with Crippen molar-refractivity contribution in [3.05, 3.63) is 42.1 Å². The standard InChI is InChI=1S/C14H20N2O3S/c1-5-20(18,19)16(4)13-8-6-7-12(11-13)14(17)9-10-15(2)3/h6-11H,5H2,1-4H3. The van der Waals surface area contributed by atoms with Gasteiger partial charge in [0.1, 0.15) is 0 Å². The number of ketones is 1. The molecule has 0 aliphatic heterocycles. The summed E-state index contributed by atoms with van der Waals surface area (Å²) in [7, 11) is 1.80. The highest BCUT2D eigenvalue weighted by Gasteiger charge is 2.16. The van der Waals surface area contributed by atoms with Crippen LogP contribution in [0.3, 0.4) is 0 Å². The molecule has 0 radical (unpaired) electrons. The molecular weight excluding hydrogens is 276 g/mol. The summed E-state index contributed by atoms with van der Waals surface area (Å²) in [5, 5.41) is 0. The Morgan fingerprint density at radius 3 is 2.45 bits per heavy atom. The Bertz CT molecular complexity index is 607. The van der Waals surface area contributed by atoms with Gasteiger partial charge in [-0.3, -0.25) is 9.10 Å². The number of hydrogen-bond acceptors (Lipinski definition) is 4. The number of sulfonamides is 1. The van der Waals surface area contributed by atoms with Gasteiger partial charge in [-0.05, 0) is 19.1 Å². The van der Waals surface area contributed by atoms with Crippen LogP contribution >= 0.6 is 0 Å². The van der Waals surface area contributed by atoms with E-state index in [4.69, 9.17) is 0 Å². The van der Waals surface area contributed by atoms with Gasteiger partial charge >= 0.3 is 0 Å². The lowest BCUT2D eigenvalue weighted by molar-refractivity contribution is 0.104. The van der Waals surface area contributed by atoms with Gasteiger partial charge in [0.25, 0.3) is 0 Å². The van der Waals surface area contributed by atoms with E-state index in [2.05, 4.69) is 0 Å². The van der Waals surface area contributed by atoms with Gasteiger partial charge < -0.3 is 4.90 Å². The van der Waals surface area contributed by atoms with E-state index < -0.39 is 10.0 Å². The minimum absolute atomic E-state index is 0.0161. The monoisotopic (exact) mass is 296 g/mol. The minimum Gasteiger partial charge on any atom is -0.383 e. The predicted octanol–water partition coefficient (Wildman–Crippen LogP) is 1.73. The Hall–Kier alpha value is -1.82. The number of nitrogens with zero attached hydrogens (tertiary/aromatic N) is 2. The Morgan fingerprint density at radius 2 is 1.90 bits per heavy atom. The molecule has 1 aromatic rings. The van der Waals surface area contributed by atoms with Gasteiger partial charge in [-0.25, -0.2) is 8.42 Å². The zero-order chi connectivity index (χ0) is 15.3. The summed E-state index contributed by atoms with van der Waals surface area (Å²) in [4.78, 5) is 13.7. The van der Waals surface area contributed by atoms with E-state index in [9.17, 15) is 13.2 Å². The zero-order valence-corrected chi connectivity index (χ0v) is 13.0. The average Bonchev–Trinajstić information content (AvgIpc) is 2.43. The Morgan fingerprint density at radius 1 is 1.25 bits per heavy atom. The molecule has 0 atom stereocenters. The van der Waals surface area contributed by atoms with Crippen LogP contribution in [0.4, 0.5) is 5.69 Å². The Labute approximate surface area is 120 Å². The number of carbonyl (C=O) groups is 1. The van der Waals surface area contributed by atoms with Crippen LogP contribution in [0, 0.1) is 0 Å². The number of carbonyl (C=O) groups excluding carboxylic acids is 1. The van der Waals surface area contributed by atoms with Crippen LogP contribution in [-0.4, -0.2) is 46.0 Å². The van der Waals surface area contributed by atoms with E-state index in [-0.39, 0.29) is 11.5 Å². The van der Waals surface area contributed by atoms with Crippen LogP contribution in [0.25, 0.3) is 0 Å². The molecule has 0 fully saturated rings. The summed E-state index contributed by atoms with van der Waals surface area (Å²) in [5.74, 6) is -0.148. The second kappa shape index (κ2) is 6.56. The summed E-state index contributed by atoms with van der Waals surface area (Å²) >= 11 is 0. The molecule has 0 unspecified atom stereocenters. The van der Waals surface area contributed by atoms with Crippen molar-refractivity contribution in [1.82, 2.24) is 4.90 Å². The van der Waals surface area contributed by atoms with Crippen molar-refractivity contribution < 1.29 is 13.2 Å². The fourth-order valence-electron chi connectivity index (χ4n) is 1.52. The van der Waals surface area contributed by atoms with E-state index in [0.717, 1.165) is 0 Å². The largest absolute Gasteiger partial charge is 0.383 e. The highest BCUT2D eigenvalue weighted by Crippen LogP contribution is 2.18. The molecular formula is C14H20N2O3S. The minimum atomic E-state index is -3.32. The number of allylic oxidation sites excluding steroid dienone is 1. The molecule has 1 rings (SSSR count). The molecule has 6 heteroatoms. The summed E-state index contributed by atoms with van der Waals surface area (Å²) in [6.07, 6.45) is 3.11. The number of rotatable bonds is 6. The molecule has 0 aliphatic rings. The first-order valence-corrected chi connectivity index (χ1v) is 7.84. The third kappa shape index (κ3) is 4.09. The molecule has 0 amide bonds. The van der Waals surface area contributed by atoms with Gasteiger partial charge in [-0.2, -0.15) is 0 Å². The molecule has 0 N–H and O–H groups in total. The molecule has 0 aliphatic carbocycles. The van der Waals surface area contributed by atoms with Crippen LogP contribution in [0.15, 0.2) is 36.5 Å². The highest BCUT2D eigenvalue weighted by atomic mass is 32.2. The smallest absolute Gasteiger partial charge is 0.234 e. The SMILES string of the molecule is CCS(=O)(=O)N(C)c1cccc(C(=O)C=CN(C)C)c1. The quantitative estimate of drug-likeness (QED) is 0.592. The summed E-state index contributed by atoms with van der Waals surface area (Å²) < 4.78 is 24.8. The number of anilines is 1. The Balaban J connectivity index is 3.06. The Kier molecular flexibility index (Phi) is 5.33. The molecule has 1 aromatic carbocycles. The van der Waals surface area contributed by atoms with Crippen molar-refractivity contribution in [3.8, 4) is 0 Å². The lowest BCUT2D eigenvalue weighted by Gasteiger charge is -2.18. The third-order valence-corrected chi connectivity index (χ3v) is 4.58. The van der Waals surface area contributed by atoms with Crippen LogP contribution in [0.5, 0.6) is 0 Å². The lowest BCUT2D eigenvalue weighted by Crippen LogP contribution is -2.28. The van der Waals surface area contributed by atoms with Crippen molar-refractivity contribution in [2.45, 2.75) is 6.92 Å². The molecule has 0 bridgehead atoms. The van der Waals surface area contributed by atoms with Gasteiger partial charge in [0.05, 0.1) is 11.4 Å². The zero-order valence-electron chi connectivity index (χ0n) is 12.2. The molecule has 110 valence electrons. The van der Waals surface area contributed by atoms with Crippen molar-refractivity contribution in [1.29, 1.82) is 0 Å². The first-order chi connectivity index (χ1) is 9.27. The molecule has 20 heavy (non-hydrogen) atoms. The second-order valence-electron chi connectivity index (χ2n) is 4.56. The molecule has 0 saturated carbocycles. The van der Waals surface area contributed by atoms with Gasteiger partial charge in [-0.1, -0.05) is 12.1 Å². The topological polar surface area (TPSA) is 57.7 Å². The van der Waals surface area contributed by atoms with Crippen molar-refractivity contribution >= 4 is 21.5 Å². The first kappa shape index (κ1) is 16.2. The van der Waals surface area contributed by atoms with Crippen molar-refractivity contribution in [2.24, 2.45) is 0 Å². The van der Waals surface area contributed by atoms with Crippen LogP contribution in [0.1, 0.15) is 17.3 Å². The van der Waals surface area contributed by atoms with Crippen LogP contribution < -0.4 is 4.31 Å². The van der Waals surface area contributed by atoms with Gasteiger partial charge in [0.2, 0.25) is 10.0 Å².